The summed E-state index contributed by atoms with van der Waals surface area (Å²) in [5.41, 5.74) is 0.387. The summed E-state index contributed by atoms with van der Waals surface area (Å²) in [6, 6.07) is 13.3. The molecule has 7 nitrogen and oxygen atoms in total. The first-order valence-electron chi connectivity index (χ1n) is 10.7. The van der Waals surface area contributed by atoms with Gasteiger partial charge in [-0.15, -0.1) is 0 Å². The van der Waals surface area contributed by atoms with Crippen LogP contribution in [0.3, 0.4) is 0 Å². The van der Waals surface area contributed by atoms with E-state index < -0.39 is 23.8 Å². The summed E-state index contributed by atoms with van der Waals surface area (Å²) in [5.74, 6) is 0.214. The lowest BCUT2D eigenvalue weighted by Gasteiger charge is -2.42. The Bertz CT molecular complexity index is 1520. The number of ether oxygens (including phenoxy) is 3. The summed E-state index contributed by atoms with van der Waals surface area (Å²) >= 11 is 0. The second-order valence-corrected chi connectivity index (χ2v) is 9.00. The number of aliphatic hydroxyl groups is 1. The Hall–Kier alpha value is -3.58. The average Bonchev–Trinajstić information content (AvgIpc) is 2.77. The van der Waals surface area contributed by atoms with Crippen LogP contribution in [0.2, 0.25) is 0 Å². The number of aliphatic hydroxyl groups excluding tert-OH is 1. The van der Waals surface area contributed by atoms with E-state index in [-0.39, 0.29) is 5.43 Å². The maximum Gasteiger partial charge on any atom is 0.303 e. The molecule has 0 fully saturated rings. The quantitative estimate of drug-likeness (QED) is 0.369. The fraction of sp³-hybridized carbons (Fsp3) is 0.308. The van der Waals surface area contributed by atoms with E-state index >= 15 is 0 Å². The van der Waals surface area contributed by atoms with Gasteiger partial charge in [0.25, 0.3) is 0 Å². The number of hydrogen-bond donors (Lipinski definition) is 1. The molecule has 7 heteroatoms. The lowest BCUT2D eigenvalue weighted by Crippen LogP contribution is -2.51. The van der Waals surface area contributed by atoms with Gasteiger partial charge in [-0.1, -0.05) is 24.3 Å². The average molecular weight is 447 g/mol. The number of hydrogen-bond acceptors (Lipinski definition) is 6. The van der Waals surface area contributed by atoms with Crippen LogP contribution in [0.1, 0.15) is 32.4 Å². The molecule has 5 rings (SSSR count). The van der Waals surface area contributed by atoms with Gasteiger partial charge in [0.1, 0.15) is 23.2 Å². The number of nitrogens with zero attached hydrogens (tertiary/aromatic N) is 1. The van der Waals surface area contributed by atoms with Gasteiger partial charge in [0.15, 0.2) is 6.10 Å². The van der Waals surface area contributed by atoms with E-state index in [9.17, 15) is 14.7 Å². The van der Waals surface area contributed by atoms with Crippen LogP contribution in [0, 0.1) is 0 Å². The third kappa shape index (κ3) is 3.07. The number of benzene rings is 3. The van der Waals surface area contributed by atoms with Crippen molar-refractivity contribution in [1.82, 2.24) is 4.57 Å². The third-order valence-corrected chi connectivity index (χ3v) is 6.45. The van der Waals surface area contributed by atoms with E-state index in [0.29, 0.717) is 38.9 Å². The Morgan fingerprint density at radius 3 is 2.45 bits per heavy atom. The van der Waals surface area contributed by atoms with Crippen LogP contribution in [-0.4, -0.2) is 34.5 Å². The van der Waals surface area contributed by atoms with Crippen molar-refractivity contribution >= 4 is 38.5 Å². The Kier molecular flexibility index (Phi) is 4.65. The van der Waals surface area contributed by atoms with Crippen molar-refractivity contribution in [1.29, 1.82) is 0 Å². The zero-order chi connectivity index (χ0) is 23.7. The number of esters is 1. The van der Waals surface area contributed by atoms with Crippen molar-refractivity contribution in [2.45, 2.75) is 38.6 Å². The zero-order valence-electron chi connectivity index (χ0n) is 19.1. The molecular formula is C26H25NO6. The highest BCUT2D eigenvalue weighted by Gasteiger charge is 2.47. The van der Waals surface area contributed by atoms with Crippen molar-refractivity contribution in [2.24, 2.45) is 7.05 Å². The first-order chi connectivity index (χ1) is 15.6. The number of pyridine rings is 1. The van der Waals surface area contributed by atoms with E-state index in [4.69, 9.17) is 14.2 Å². The smallest absolute Gasteiger partial charge is 0.303 e. The fourth-order valence-corrected chi connectivity index (χ4v) is 4.94. The predicted molar refractivity (Wildman–Crippen MR) is 126 cm³/mol. The van der Waals surface area contributed by atoms with Gasteiger partial charge in [0.05, 0.1) is 29.1 Å². The first-order valence-corrected chi connectivity index (χ1v) is 10.7. The Morgan fingerprint density at radius 1 is 1.15 bits per heavy atom. The van der Waals surface area contributed by atoms with Gasteiger partial charge in [-0.3, -0.25) is 9.59 Å². The largest absolute Gasteiger partial charge is 0.496 e. The van der Waals surface area contributed by atoms with Gasteiger partial charge in [-0.25, -0.2) is 0 Å². The van der Waals surface area contributed by atoms with Crippen LogP contribution in [0.4, 0.5) is 0 Å². The lowest BCUT2D eigenvalue weighted by atomic mass is 9.86. The number of rotatable bonds is 2. The zero-order valence-corrected chi connectivity index (χ0v) is 19.1. The molecule has 0 radical (unpaired) electrons. The van der Waals surface area contributed by atoms with Crippen LogP contribution in [0.15, 0.2) is 47.3 Å². The normalized spacial score (nSPS) is 19.3. The molecule has 0 unspecified atom stereocenters. The van der Waals surface area contributed by atoms with E-state index in [1.165, 1.54) is 14.0 Å². The molecule has 2 atom stereocenters. The molecular weight excluding hydrogens is 422 g/mol. The molecule has 33 heavy (non-hydrogen) atoms. The van der Waals surface area contributed by atoms with Gasteiger partial charge in [0.2, 0.25) is 5.43 Å². The van der Waals surface area contributed by atoms with Gasteiger partial charge in [0, 0.05) is 25.4 Å². The van der Waals surface area contributed by atoms with Crippen molar-refractivity contribution < 1.29 is 24.1 Å². The molecule has 0 aliphatic carbocycles. The summed E-state index contributed by atoms with van der Waals surface area (Å²) in [5, 5.41) is 14.2. The first kappa shape index (κ1) is 21.3. The maximum absolute atomic E-state index is 13.7. The van der Waals surface area contributed by atoms with Gasteiger partial charge in [-0.05, 0) is 36.8 Å². The van der Waals surface area contributed by atoms with Crippen molar-refractivity contribution in [3.8, 4) is 11.5 Å². The molecule has 0 saturated carbocycles. The molecule has 0 spiro atoms. The summed E-state index contributed by atoms with van der Waals surface area (Å²) in [4.78, 5) is 25.5. The number of carbonyl (C=O) groups is 1. The summed E-state index contributed by atoms with van der Waals surface area (Å²) in [6.45, 7) is 4.78. The van der Waals surface area contributed by atoms with Crippen molar-refractivity contribution in [3.63, 3.8) is 0 Å². The van der Waals surface area contributed by atoms with Crippen LogP contribution in [0.25, 0.3) is 32.6 Å². The SMILES string of the molecule is COc1cc2c(c3c1c(=O)c1cc4ccccc4cc1n3C)[C@@H](O)[C@@H](OC(C)=O)C(C)(C)O2. The summed E-state index contributed by atoms with van der Waals surface area (Å²) in [6.07, 6.45) is -2.16. The maximum atomic E-state index is 13.7. The minimum atomic E-state index is -1.20. The molecule has 1 N–H and O–H groups in total. The van der Waals surface area contributed by atoms with Gasteiger partial charge in [-0.2, -0.15) is 0 Å². The van der Waals surface area contributed by atoms with Crippen LogP contribution in [-0.2, 0) is 16.6 Å². The minimum Gasteiger partial charge on any atom is -0.496 e. The lowest BCUT2D eigenvalue weighted by molar-refractivity contribution is -0.174. The Morgan fingerprint density at radius 2 is 1.82 bits per heavy atom. The molecule has 2 heterocycles. The second kappa shape index (κ2) is 7.22. The molecule has 3 aromatic carbocycles. The monoisotopic (exact) mass is 447 g/mol. The number of aromatic nitrogens is 1. The van der Waals surface area contributed by atoms with E-state index in [1.54, 1.807) is 19.9 Å². The fourth-order valence-electron chi connectivity index (χ4n) is 4.94. The highest BCUT2D eigenvalue weighted by molar-refractivity contribution is 6.04. The Labute approximate surface area is 190 Å². The highest BCUT2D eigenvalue weighted by atomic mass is 16.6. The van der Waals surface area contributed by atoms with Crippen LogP contribution in [0.5, 0.6) is 11.5 Å². The molecule has 0 amide bonds. The number of methoxy groups -OCH3 is 1. The van der Waals surface area contributed by atoms with Gasteiger partial charge >= 0.3 is 5.97 Å². The standard InChI is InChI=1S/C26H25NO6/c1-13(28)32-25-24(30)21-19(33-26(25,2)3)12-18(31-5)20-22(21)27(4)17-11-15-9-7-6-8-14(15)10-16(17)23(20)29/h6-12,24-25,30H,1-5H3/t24-,25-/m1/s1. The predicted octanol–water partition coefficient (Wildman–Crippen LogP) is 3.99. The van der Waals surface area contributed by atoms with Crippen molar-refractivity contribution in [2.75, 3.05) is 7.11 Å². The number of fused-ring (bicyclic) bond motifs is 5. The number of aryl methyl sites for hydroxylation is 1. The molecule has 1 aliphatic heterocycles. The molecule has 1 aromatic heterocycles. The van der Waals surface area contributed by atoms with E-state index in [2.05, 4.69) is 0 Å². The summed E-state index contributed by atoms with van der Waals surface area (Å²) < 4.78 is 19.1. The molecule has 1 aliphatic rings. The second-order valence-electron chi connectivity index (χ2n) is 9.00. The third-order valence-electron chi connectivity index (χ3n) is 6.45. The summed E-state index contributed by atoms with van der Waals surface area (Å²) in [7, 11) is 3.34. The molecule has 170 valence electrons. The van der Waals surface area contributed by atoms with Crippen LogP contribution < -0.4 is 14.9 Å². The van der Waals surface area contributed by atoms with E-state index in [1.807, 2.05) is 48.0 Å². The highest BCUT2D eigenvalue weighted by Crippen LogP contribution is 2.47. The van der Waals surface area contributed by atoms with Gasteiger partial charge < -0.3 is 23.9 Å². The van der Waals surface area contributed by atoms with E-state index in [0.717, 1.165) is 10.8 Å². The van der Waals surface area contributed by atoms with Crippen LogP contribution >= 0.6 is 0 Å². The topological polar surface area (TPSA) is 87.0 Å². The number of carbonyl (C=O) groups excluding carboxylic acids is 1. The minimum absolute atomic E-state index is 0.204. The molecule has 0 bridgehead atoms. The Balaban J connectivity index is 1.94. The van der Waals surface area contributed by atoms with Crippen molar-refractivity contribution in [3.05, 3.63) is 58.3 Å². The molecule has 0 saturated heterocycles. The molecule has 4 aromatic rings.